The predicted molar refractivity (Wildman–Crippen MR) is 115 cm³/mol. The van der Waals surface area contributed by atoms with Gasteiger partial charge in [-0.1, -0.05) is 18.2 Å². The molecule has 0 radical (unpaired) electrons. The molecule has 1 amide bonds. The zero-order valence-electron chi connectivity index (χ0n) is 18.8. The molecule has 196 valence electrons. The van der Waals surface area contributed by atoms with Gasteiger partial charge in [-0.15, -0.1) is 0 Å². The molecule has 0 aromatic heterocycles. The van der Waals surface area contributed by atoms with E-state index in [9.17, 15) is 44.3 Å². The first-order chi connectivity index (χ1) is 16.5. The number of fused-ring (bicyclic) bond motifs is 1. The van der Waals surface area contributed by atoms with Crippen LogP contribution in [0.15, 0.2) is 47.4 Å². The van der Waals surface area contributed by atoms with Crippen molar-refractivity contribution in [3.8, 4) is 0 Å². The molecule has 0 saturated heterocycles. The Morgan fingerprint density at radius 1 is 1.03 bits per heavy atom. The number of amides is 1. The fourth-order valence-electron chi connectivity index (χ4n) is 3.94. The van der Waals surface area contributed by atoms with Gasteiger partial charge in [-0.3, -0.25) is 14.9 Å². The van der Waals surface area contributed by atoms with E-state index in [0.29, 0.717) is 30.4 Å². The summed E-state index contributed by atoms with van der Waals surface area (Å²) in [6.07, 6.45) is -12.7. The molecule has 0 saturated carbocycles. The van der Waals surface area contributed by atoms with Crippen LogP contribution in [-0.4, -0.2) is 46.0 Å². The van der Waals surface area contributed by atoms with Crippen molar-refractivity contribution in [1.29, 1.82) is 0 Å². The molecule has 2 N–H and O–H groups in total. The number of benzene rings is 2. The molecule has 7 nitrogen and oxygen atoms in total. The molecule has 0 bridgehead atoms. The lowest BCUT2D eigenvalue weighted by atomic mass is 9.76. The molecule has 14 heteroatoms. The summed E-state index contributed by atoms with van der Waals surface area (Å²) in [7, 11) is -2.80. The minimum Gasteiger partial charge on any atom is -0.469 e. The van der Waals surface area contributed by atoms with Crippen LogP contribution in [0.5, 0.6) is 0 Å². The first-order valence-corrected chi connectivity index (χ1v) is 12.1. The number of carbonyl (C=O) groups excluding carboxylic acids is 2. The topological polar surface area (TPSA) is 102 Å². The number of hydrogen-bond donors (Lipinski definition) is 2. The van der Waals surface area contributed by atoms with Gasteiger partial charge in [0.1, 0.15) is 6.04 Å². The lowest BCUT2D eigenvalue weighted by Gasteiger charge is -2.37. The first kappa shape index (κ1) is 27.5. The highest BCUT2D eigenvalue weighted by atomic mass is 32.2. The number of sulfone groups is 1. The third-order valence-corrected chi connectivity index (χ3v) is 6.97. The maximum atomic E-state index is 13.8. The van der Waals surface area contributed by atoms with Crippen molar-refractivity contribution < 1.29 is 49.1 Å². The molecule has 3 rings (SSSR count). The first-order valence-electron chi connectivity index (χ1n) is 10.2. The van der Waals surface area contributed by atoms with Gasteiger partial charge in [0.15, 0.2) is 15.3 Å². The minimum atomic E-state index is -5.88. The fourth-order valence-corrected chi connectivity index (χ4v) is 4.61. The van der Waals surface area contributed by atoms with E-state index in [4.69, 9.17) is 0 Å². The Kier molecular flexibility index (Phi) is 7.16. The molecule has 0 spiro atoms. The van der Waals surface area contributed by atoms with Crippen molar-refractivity contribution in [2.24, 2.45) is 0 Å². The lowest BCUT2D eigenvalue weighted by molar-refractivity contribution is -0.304. The Hall–Kier alpha value is -3.13. The number of methoxy groups -OCH3 is 1. The second-order valence-electron chi connectivity index (χ2n) is 8.17. The molecular formula is C22H20F6N2O5S. The van der Waals surface area contributed by atoms with Crippen LogP contribution in [0, 0.1) is 0 Å². The second kappa shape index (κ2) is 9.39. The maximum absolute atomic E-state index is 13.8. The molecule has 0 fully saturated rings. The highest BCUT2D eigenvalue weighted by Crippen LogP contribution is 2.54. The third kappa shape index (κ3) is 5.05. The van der Waals surface area contributed by atoms with Crippen molar-refractivity contribution in [3.63, 3.8) is 0 Å². The average Bonchev–Trinajstić information content (AvgIpc) is 3.19. The zero-order chi connectivity index (χ0) is 27.1. The average molecular weight is 538 g/mol. The van der Waals surface area contributed by atoms with Crippen LogP contribution in [0.1, 0.15) is 29.2 Å². The zero-order valence-corrected chi connectivity index (χ0v) is 19.6. The quantitative estimate of drug-likeness (QED) is 0.429. The summed E-state index contributed by atoms with van der Waals surface area (Å²) in [4.78, 5) is 24.3. The lowest BCUT2D eigenvalue weighted by Crippen LogP contribution is -2.55. The normalized spacial score (nSPS) is 16.4. The molecule has 2 aromatic rings. The van der Waals surface area contributed by atoms with Gasteiger partial charge in [0.05, 0.1) is 18.4 Å². The van der Waals surface area contributed by atoms with E-state index in [2.05, 4.69) is 15.4 Å². The van der Waals surface area contributed by atoms with Crippen LogP contribution in [-0.2, 0) is 36.1 Å². The molecule has 1 heterocycles. The summed E-state index contributed by atoms with van der Waals surface area (Å²) in [6.45, 7) is 0.170. The van der Waals surface area contributed by atoms with E-state index in [-0.39, 0.29) is 17.1 Å². The number of ether oxygens (including phenoxy) is 1. The fraction of sp³-hybridized carbons (Fsp3) is 0.364. The Morgan fingerprint density at radius 3 is 2.11 bits per heavy atom. The van der Waals surface area contributed by atoms with Crippen molar-refractivity contribution >= 4 is 27.4 Å². The number of anilines is 1. The molecule has 1 aliphatic heterocycles. The molecule has 1 atom stereocenters. The predicted octanol–water partition coefficient (Wildman–Crippen LogP) is 3.80. The summed E-state index contributed by atoms with van der Waals surface area (Å²) in [5.41, 5.74) is -4.83. The van der Waals surface area contributed by atoms with E-state index in [1.165, 1.54) is 18.2 Å². The van der Waals surface area contributed by atoms with Gasteiger partial charge in [0, 0.05) is 18.5 Å². The molecule has 1 unspecified atom stereocenters. The summed E-state index contributed by atoms with van der Waals surface area (Å²) in [5, 5.41) is 5.27. The van der Waals surface area contributed by atoms with Gasteiger partial charge >= 0.3 is 18.3 Å². The van der Waals surface area contributed by atoms with Gasteiger partial charge in [-0.25, -0.2) is 8.42 Å². The number of esters is 1. The van der Waals surface area contributed by atoms with E-state index in [0.717, 1.165) is 18.4 Å². The van der Waals surface area contributed by atoms with Crippen LogP contribution in [0.25, 0.3) is 0 Å². The van der Waals surface area contributed by atoms with Gasteiger partial charge in [0.2, 0.25) is 5.91 Å². The minimum absolute atomic E-state index is 0.0597. The van der Waals surface area contributed by atoms with Crippen molar-refractivity contribution in [1.82, 2.24) is 5.32 Å². The number of rotatable bonds is 6. The molecule has 2 aromatic carbocycles. The highest BCUT2D eigenvalue weighted by Gasteiger charge is 2.72. The van der Waals surface area contributed by atoms with Gasteiger partial charge < -0.3 is 10.1 Å². The third-order valence-electron chi connectivity index (χ3n) is 5.86. The Balaban J connectivity index is 1.88. The maximum Gasteiger partial charge on any atom is 0.407 e. The smallest absolute Gasteiger partial charge is 0.407 e. The van der Waals surface area contributed by atoms with E-state index >= 15 is 0 Å². The van der Waals surface area contributed by atoms with E-state index in [1.54, 1.807) is 0 Å². The Labute approximate surface area is 201 Å². The molecule has 36 heavy (non-hydrogen) atoms. The van der Waals surface area contributed by atoms with Crippen LogP contribution in [0.4, 0.5) is 32.0 Å². The second-order valence-corrected chi connectivity index (χ2v) is 10.2. The van der Waals surface area contributed by atoms with Gasteiger partial charge in [-0.05, 0) is 41.0 Å². The molecular weight excluding hydrogens is 518 g/mol. The largest absolute Gasteiger partial charge is 0.469 e. The summed E-state index contributed by atoms with van der Waals surface area (Å²) >= 11 is 0. The number of carbonyl (C=O) groups is 2. The summed E-state index contributed by atoms with van der Waals surface area (Å²) < 4.78 is 110. The molecule has 1 aliphatic rings. The van der Waals surface area contributed by atoms with Crippen molar-refractivity contribution in [3.05, 3.63) is 59.2 Å². The van der Waals surface area contributed by atoms with Crippen LogP contribution < -0.4 is 10.6 Å². The Bertz CT molecular complexity index is 1260. The van der Waals surface area contributed by atoms with E-state index < -0.39 is 57.5 Å². The standard InChI is InChI=1S/C22H20F6N2O5S/c1-35-17(31)10-20(21(23,24)25,22(26,27)28)13-3-5-14(6-4-13)30-19(32)18-16-8-7-15(36(2,33)34)9-12(16)11-29-18/h3-9,18,29H,10-11H2,1-2H3,(H,30,32). The molecule has 0 aliphatic carbocycles. The van der Waals surface area contributed by atoms with Crippen LogP contribution in [0.2, 0.25) is 0 Å². The van der Waals surface area contributed by atoms with Crippen molar-refractivity contribution in [2.75, 3.05) is 18.7 Å². The number of halogens is 6. The number of nitrogens with one attached hydrogen (secondary N) is 2. The van der Waals surface area contributed by atoms with Gasteiger partial charge in [0.25, 0.3) is 0 Å². The van der Waals surface area contributed by atoms with Gasteiger partial charge in [-0.2, -0.15) is 26.3 Å². The van der Waals surface area contributed by atoms with Crippen LogP contribution in [0.3, 0.4) is 0 Å². The monoisotopic (exact) mass is 538 g/mol. The Morgan fingerprint density at radius 2 is 1.61 bits per heavy atom. The highest BCUT2D eigenvalue weighted by molar-refractivity contribution is 7.90. The van der Waals surface area contributed by atoms with Crippen LogP contribution >= 0.6 is 0 Å². The summed E-state index contributed by atoms with van der Waals surface area (Å²) in [5.74, 6) is -2.37. The SMILES string of the molecule is COC(=O)CC(c1ccc(NC(=O)C2NCc3cc(S(C)(=O)=O)ccc32)cc1)(C(F)(F)F)C(F)(F)F. The van der Waals surface area contributed by atoms with Crippen molar-refractivity contribution in [2.45, 2.75) is 41.7 Å². The number of hydrogen-bond acceptors (Lipinski definition) is 6. The summed E-state index contributed by atoms with van der Waals surface area (Å²) in [6, 6.07) is 6.05. The van der Waals surface area contributed by atoms with E-state index in [1.807, 2.05) is 0 Å². The number of alkyl halides is 6.